The zero-order chi connectivity index (χ0) is 39.2. The molecule has 0 amide bonds. The molecule has 2 unspecified atom stereocenters. The maximum absolute atomic E-state index is 12.6. The lowest BCUT2D eigenvalue weighted by molar-refractivity contribution is -0.151. The van der Waals surface area contributed by atoms with E-state index in [0.717, 1.165) is 72.3 Å². The molecule has 0 saturated carbocycles. The zero-order valence-electron chi connectivity index (χ0n) is 32.8. The maximum atomic E-state index is 12.6. The van der Waals surface area contributed by atoms with Gasteiger partial charge in [0.05, 0.1) is 16.2 Å². The third-order valence-corrected chi connectivity index (χ3v) is 13.3. The molecule has 3 fully saturated rings. The number of carbonyl (C=O) groups is 3. The Balaban J connectivity index is 1.26. The highest BCUT2D eigenvalue weighted by molar-refractivity contribution is 5.76. The summed E-state index contributed by atoms with van der Waals surface area (Å²) in [7, 11) is 0. The monoisotopic (exact) mass is 752 g/mol. The highest BCUT2D eigenvalue weighted by atomic mass is 16.4. The fourth-order valence-electron chi connectivity index (χ4n) is 9.51. The maximum Gasteiger partial charge on any atom is 0.310 e. The summed E-state index contributed by atoms with van der Waals surface area (Å²) in [5.41, 5.74) is 3.64. The van der Waals surface area contributed by atoms with Gasteiger partial charge in [-0.1, -0.05) is 72.8 Å². The van der Waals surface area contributed by atoms with Crippen molar-refractivity contribution in [2.24, 2.45) is 34.0 Å². The molecule has 3 aliphatic heterocycles. The van der Waals surface area contributed by atoms with Crippen LogP contribution in [0.1, 0.15) is 73.4 Å². The second kappa shape index (κ2) is 17.4. The highest BCUT2D eigenvalue weighted by Crippen LogP contribution is 2.38. The summed E-state index contributed by atoms with van der Waals surface area (Å²) in [4.78, 5) is 40.2. The number of hydrogen-bond donors (Lipinski definition) is 6. The Hall–Kier alpha value is -4.09. The third-order valence-electron chi connectivity index (χ3n) is 13.3. The predicted octanol–water partition coefficient (Wildman–Crippen LogP) is 5.62. The highest BCUT2D eigenvalue weighted by Gasteiger charge is 2.45. The average Bonchev–Trinajstić information content (AvgIpc) is 3.97. The first kappa shape index (κ1) is 40.6. The summed E-state index contributed by atoms with van der Waals surface area (Å²) in [5.74, 6) is -2.11. The summed E-state index contributed by atoms with van der Waals surface area (Å²) < 4.78 is 0. The van der Waals surface area contributed by atoms with E-state index in [1.165, 1.54) is 0 Å². The Labute approximate surface area is 326 Å². The largest absolute Gasteiger partial charge is 0.481 e. The van der Waals surface area contributed by atoms with Crippen LogP contribution >= 0.6 is 0 Å². The van der Waals surface area contributed by atoms with Gasteiger partial charge in [-0.3, -0.25) is 19.3 Å². The fourth-order valence-corrected chi connectivity index (χ4v) is 9.51. The zero-order valence-corrected chi connectivity index (χ0v) is 32.8. The number of carboxylic acid groups (broad SMARTS) is 3. The van der Waals surface area contributed by atoms with E-state index in [9.17, 15) is 29.7 Å². The molecule has 0 radical (unpaired) electrons. The lowest BCUT2D eigenvalue weighted by atomic mass is 9.72. The van der Waals surface area contributed by atoms with Gasteiger partial charge in [-0.25, -0.2) is 0 Å². The van der Waals surface area contributed by atoms with Gasteiger partial charge in [-0.05, 0) is 150 Å². The van der Waals surface area contributed by atoms with Crippen LogP contribution in [0.15, 0.2) is 72.8 Å². The van der Waals surface area contributed by atoms with Crippen LogP contribution in [-0.4, -0.2) is 77.4 Å². The lowest BCUT2D eigenvalue weighted by Gasteiger charge is -2.32. The van der Waals surface area contributed by atoms with Crippen LogP contribution < -0.4 is 16.0 Å². The van der Waals surface area contributed by atoms with Crippen molar-refractivity contribution in [1.29, 1.82) is 0 Å². The molecule has 3 heterocycles. The van der Waals surface area contributed by atoms with Crippen molar-refractivity contribution in [2.75, 3.05) is 39.3 Å². The minimum Gasteiger partial charge on any atom is -0.481 e. The Morgan fingerprint density at radius 3 is 1.04 bits per heavy atom. The Morgan fingerprint density at radius 2 is 0.800 bits per heavy atom. The quantitative estimate of drug-likeness (QED) is 0.0967. The van der Waals surface area contributed by atoms with Gasteiger partial charge in [0.2, 0.25) is 0 Å². The van der Waals surface area contributed by atoms with Crippen LogP contribution in [0.4, 0.5) is 0 Å². The van der Waals surface area contributed by atoms with Gasteiger partial charge < -0.3 is 31.3 Å². The Morgan fingerprint density at radius 1 is 0.527 bits per heavy atom. The number of nitrogens with zero attached hydrogens (tertiary/aromatic N) is 1. The first-order chi connectivity index (χ1) is 26.3. The molecule has 0 bridgehead atoms. The number of rotatable bonds is 18. The number of benzene rings is 3. The molecule has 3 aromatic rings. The van der Waals surface area contributed by atoms with Crippen LogP contribution in [0, 0.1) is 34.0 Å². The van der Waals surface area contributed by atoms with Gasteiger partial charge in [0.25, 0.3) is 0 Å². The van der Waals surface area contributed by atoms with Crippen molar-refractivity contribution in [3.63, 3.8) is 0 Å². The molecule has 6 N–H and O–H groups in total. The molecule has 0 spiro atoms. The van der Waals surface area contributed by atoms with E-state index in [4.69, 9.17) is 0 Å². The molecule has 296 valence electrons. The minimum atomic E-state index is -0.874. The van der Waals surface area contributed by atoms with E-state index in [2.05, 4.69) is 57.2 Å². The number of nitrogens with one attached hydrogen (secondary N) is 3. The molecule has 0 aromatic heterocycles. The van der Waals surface area contributed by atoms with Crippen molar-refractivity contribution < 1.29 is 29.7 Å². The molecule has 0 aliphatic carbocycles. The van der Waals surface area contributed by atoms with Crippen molar-refractivity contribution in [1.82, 2.24) is 20.9 Å². The van der Waals surface area contributed by atoms with Crippen molar-refractivity contribution in [2.45, 2.75) is 78.9 Å². The molecule has 6 atom stereocenters. The molecule has 10 heteroatoms. The van der Waals surface area contributed by atoms with E-state index < -0.39 is 34.2 Å². The van der Waals surface area contributed by atoms with Gasteiger partial charge in [0.15, 0.2) is 0 Å². The molecule has 3 saturated heterocycles. The summed E-state index contributed by atoms with van der Waals surface area (Å²) in [6.45, 7) is 12.1. The van der Waals surface area contributed by atoms with Gasteiger partial charge >= 0.3 is 17.9 Å². The van der Waals surface area contributed by atoms with Crippen LogP contribution in [0.25, 0.3) is 0 Å². The summed E-state index contributed by atoms with van der Waals surface area (Å²) in [6.07, 6.45) is 3.89. The SMILES string of the molecule is CC(Cc1cccc(CN(Cc2cccc(CC(C)(C(=O)O)[C@H]3CCNC3)c2)Cc2cccc(C[C@](C)(C(=O)O)[C@H]3CCNC3)c2)c1)(C(=O)O)[C@H]1CCNC1. The van der Waals surface area contributed by atoms with Crippen molar-refractivity contribution in [3.05, 3.63) is 106 Å². The van der Waals surface area contributed by atoms with Gasteiger partial charge in [0, 0.05) is 19.6 Å². The first-order valence-corrected chi connectivity index (χ1v) is 20.1. The van der Waals surface area contributed by atoms with Crippen LogP contribution in [0.3, 0.4) is 0 Å². The van der Waals surface area contributed by atoms with Gasteiger partial charge in [0.1, 0.15) is 0 Å². The van der Waals surface area contributed by atoms with E-state index >= 15 is 0 Å². The van der Waals surface area contributed by atoms with E-state index in [0.29, 0.717) is 58.5 Å². The third kappa shape index (κ3) is 9.48. The molecular formula is C45H60N4O6. The normalized spacial score (nSPS) is 23.2. The lowest BCUT2D eigenvalue weighted by Crippen LogP contribution is -2.39. The van der Waals surface area contributed by atoms with Crippen LogP contribution in [0.5, 0.6) is 0 Å². The molecule has 6 rings (SSSR count). The van der Waals surface area contributed by atoms with Crippen molar-refractivity contribution >= 4 is 17.9 Å². The number of hydrogen-bond acceptors (Lipinski definition) is 7. The summed E-state index contributed by atoms with van der Waals surface area (Å²) >= 11 is 0. The topological polar surface area (TPSA) is 151 Å². The first-order valence-electron chi connectivity index (χ1n) is 20.1. The molecule has 10 nitrogen and oxygen atoms in total. The standard InChI is InChI=1S/C45H60N4O6/c1-43(40(50)51,37-13-16-46-25-37)22-31-7-4-10-34(19-31)28-49(29-35-11-5-8-32(20-35)23-44(2,41(52)53)38-14-17-47-26-38)30-36-12-6-9-33(21-36)24-45(3,42(54)55)39-15-18-48-27-39/h4-12,19-21,37-39,46-48H,13-18,22-30H2,1-3H3,(H,50,51)(H,52,53)(H,54,55)/t37-,38-,39-,43-,44?,45?/m0/s1. The number of aliphatic carboxylic acids is 3. The van der Waals surface area contributed by atoms with Gasteiger partial charge in [-0.15, -0.1) is 0 Å². The molecule has 55 heavy (non-hydrogen) atoms. The van der Waals surface area contributed by atoms with Gasteiger partial charge in [-0.2, -0.15) is 0 Å². The predicted molar refractivity (Wildman–Crippen MR) is 214 cm³/mol. The number of carboxylic acids is 3. The molecule has 3 aromatic carbocycles. The summed E-state index contributed by atoms with van der Waals surface area (Å²) in [5, 5.41) is 41.1. The average molecular weight is 753 g/mol. The van der Waals surface area contributed by atoms with Crippen LogP contribution in [0.2, 0.25) is 0 Å². The second-order valence-corrected chi connectivity index (χ2v) is 17.4. The van der Waals surface area contributed by atoms with E-state index in [1.54, 1.807) is 0 Å². The summed E-state index contributed by atoms with van der Waals surface area (Å²) in [6, 6.07) is 24.9. The molecule has 3 aliphatic rings. The van der Waals surface area contributed by atoms with E-state index in [-0.39, 0.29) is 17.8 Å². The Kier molecular flexibility index (Phi) is 12.8. The molecular weight excluding hydrogens is 693 g/mol. The van der Waals surface area contributed by atoms with Crippen LogP contribution in [-0.2, 0) is 53.3 Å². The van der Waals surface area contributed by atoms with Crippen molar-refractivity contribution in [3.8, 4) is 0 Å². The minimum absolute atomic E-state index is 0.0607. The smallest absolute Gasteiger partial charge is 0.310 e. The fraction of sp³-hybridized carbons (Fsp3) is 0.533. The second-order valence-electron chi connectivity index (χ2n) is 17.4. The Bertz CT molecular complexity index is 1610. The van der Waals surface area contributed by atoms with E-state index in [1.807, 2.05) is 57.2 Å².